The van der Waals surface area contributed by atoms with Gasteiger partial charge in [-0.05, 0) is 47.5 Å². The van der Waals surface area contributed by atoms with E-state index in [0.29, 0.717) is 32.3 Å². The summed E-state index contributed by atoms with van der Waals surface area (Å²) in [6.45, 7) is 0. The van der Waals surface area contributed by atoms with E-state index in [1.165, 1.54) is 26.4 Å². The van der Waals surface area contributed by atoms with Gasteiger partial charge in [0.25, 0.3) is 11.8 Å². The summed E-state index contributed by atoms with van der Waals surface area (Å²) in [7, 11) is 2.50. The highest BCUT2D eigenvalue weighted by molar-refractivity contribution is 7.15. The van der Waals surface area contributed by atoms with E-state index in [0.717, 1.165) is 22.7 Å². The molecule has 0 aliphatic carbocycles. The molecule has 44 heavy (non-hydrogen) atoms. The summed E-state index contributed by atoms with van der Waals surface area (Å²) in [4.78, 5) is 52.7. The second-order valence-corrected chi connectivity index (χ2v) is 11.8. The van der Waals surface area contributed by atoms with Crippen molar-refractivity contribution in [2.75, 3.05) is 24.9 Å². The van der Waals surface area contributed by atoms with Crippen LogP contribution in [0.3, 0.4) is 0 Å². The van der Waals surface area contributed by atoms with E-state index in [-0.39, 0.29) is 32.3 Å². The normalized spacial score (nSPS) is 10.6. The molecule has 0 spiro atoms. The minimum absolute atomic E-state index is 0.0522. The van der Waals surface area contributed by atoms with Crippen LogP contribution in [0.1, 0.15) is 41.4 Å². The molecule has 0 saturated carbocycles. The first kappa shape index (κ1) is 31.0. The summed E-state index contributed by atoms with van der Waals surface area (Å²) in [5, 5.41) is 10.6. The fourth-order valence-corrected chi connectivity index (χ4v) is 6.57. The van der Waals surface area contributed by atoms with E-state index in [1.807, 2.05) is 0 Å². The summed E-state index contributed by atoms with van der Waals surface area (Å²) >= 11 is 14.3. The number of carbonyl (C=O) groups is 4. The topological polar surface area (TPSA) is 111 Å². The molecular formula is C32H22Cl2N2O6S2. The van der Waals surface area contributed by atoms with Crippen molar-refractivity contribution >= 4 is 79.6 Å². The summed E-state index contributed by atoms with van der Waals surface area (Å²) in [6.07, 6.45) is 0. The van der Waals surface area contributed by atoms with Crippen molar-refractivity contribution in [1.29, 1.82) is 0 Å². The number of hydrogen-bond acceptors (Lipinski definition) is 8. The van der Waals surface area contributed by atoms with Crippen molar-refractivity contribution < 1.29 is 28.7 Å². The third-order valence-electron chi connectivity index (χ3n) is 6.54. The smallest absolute Gasteiger partial charge is 0.341 e. The Balaban J connectivity index is 1.45. The Morgan fingerprint density at radius 3 is 1.30 bits per heavy atom. The van der Waals surface area contributed by atoms with Crippen molar-refractivity contribution in [1.82, 2.24) is 0 Å². The molecule has 0 saturated heterocycles. The number of halogens is 2. The lowest BCUT2D eigenvalue weighted by Crippen LogP contribution is -2.21. The predicted molar refractivity (Wildman–Crippen MR) is 175 cm³/mol. The Labute approximate surface area is 270 Å². The largest absolute Gasteiger partial charge is 0.465 e. The molecule has 12 heteroatoms. The van der Waals surface area contributed by atoms with E-state index < -0.39 is 23.8 Å². The standard InChI is InChI=1S/C32H22Cl2N2O6S2/c1-41-31(39)25-23(17-7-11-19(33)12-8-17)15-43-29(25)35-27(37)21-5-3-4-6-22(21)28(38)36-30-26(32(40)42-2)24(16-44-30)18-9-13-20(34)14-10-18/h3-16H,1-2H3,(H,35,37)(H,36,38). The number of carbonyl (C=O) groups excluding carboxylic acids is 4. The van der Waals surface area contributed by atoms with Crippen molar-refractivity contribution in [3.05, 3.63) is 116 Å². The van der Waals surface area contributed by atoms with Gasteiger partial charge in [-0.2, -0.15) is 0 Å². The molecule has 0 fully saturated rings. The second kappa shape index (κ2) is 13.4. The maximum absolute atomic E-state index is 13.5. The molecule has 0 unspecified atom stereocenters. The zero-order valence-corrected chi connectivity index (χ0v) is 26.2. The fourth-order valence-electron chi connectivity index (χ4n) is 4.41. The summed E-state index contributed by atoms with van der Waals surface area (Å²) in [5.41, 5.74) is 2.99. The molecule has 0 atom stereocenters. The zero-order valence-electron chi connectivity index (χ0n) is 23.1. The third kappa shape index (κ3) is 6.39. The minimum Gasteiger partial charge on any atom is -0.465 e. The van der Waals surface area contributed by atoms with Gasteiger partial charge in [0.05, 0.1) is 25.3 Å². The van der Waals surface area contributed by atoms with Crippen LogP contribution in [0.15, 0.2) is 83.6 Å². The summed E-state index contributed by atoms with van der Waals surface area (Å²) in [5.74, 6) is -2.51. The maximum Gasteiger partial charge on any atom is 0.341 e. The van der Waals surface area contributed by atoms with Crippen molar-refractivity contribution in [3.8, 4) is 22.3 Å². The lowest BCUT2D eigenvalue weighted by atomic mass is 10.0. The molecule has 2 N–H and O–H groups in total. The SMILES string of the molecule is COC(=O)c1c(-c2ccc(Cl)cc2)csc1NC(=O)c1ccccc1C(=O)Nc1scc(-c2ccc(Cl)cc2)c1C(=O)OC. The number of methoxy groups -OCH3 is 2. The third-order valence-corrected chi connectivity index (χ3v) is 8.84. The second-order valence-electron chi connectivity index (χ2n) is 9.16. The lowest BCUT2D eigenvalue weighted by molar-refractivity contribution is 0.0594. The molecule has 222 valence electrons. The minimum atomic E-state index is -0.637. The highest BCUT2D eigenvalue weighted by Crippen LogP contribution is 2.38. The molecule has 5 rings (SSSR count). The maximum atomic E-state index is 13.5. The van der Waals surface area contributed by atoms with Gasteiger partial charge in [0.1, 0.15) is 21.1 Å². The Morgan fingerprint density at radius 1 is 0.591 bits per heavy atom. The van der Waals surface area contributed by atoms with E-state index in [2.05, 4.69) is 10.6 Å². The van der Waals surface area contributed by atoms with Gasteiger partial charge in [-0.3, -0.25) is 9.59 Å². The average molecular weight is 666 g/mol. The summed E-state index contributed by atoms with van der Waals surface area (Å²) < 4.78 is 10.00. The van der Waals surface area contributed by atoms with Crippen LogP contribution in [0.2, 0.25) is 10.0 Å². The van der Waals surface area contributed by atoms with E-state index in [4.69, 9.17) is 32.7 Å². The van der Waals surface area contributed by atoms with Crippen LogP contribution in [0.5, 0.6) is 0 Å². The van der Waals surface area contributed by atoms with Gasteiger partial charge >= 0.3 is 11.9 Å². The van der Waals surface area contributed by atoms with Gasteiger partial charge in [0.2, 0.25) is 0 Å². The number of anilines is 2. The van der Waals surface area contributed by atoms with Crippen molar-refractivity contribution in [2.45, 2.75) is 0 Å². The van der Waals surface area contributed by atoms with Gasteiger partial charge in [-0.1, -0.05) is 59.6 Å². The van der Waals surface area contributed by atoms with Gasteiger partial charge < -0.3 is 20.1 Å². The number of hydrogen-bond donors (Lipinski definition) is 2. The number of rotatable bonds is 8. The summed E-state index contributed by atoms with van der Waals surface area (Å²) in [6, 6.07) is 20.0. The predicted octanol–water partition coefficient (Wildman–Crippen LogP) is 8.53. The van der Waals surface area contributed by atoms with Crippen LogP contribution in [0.4, 0.5) is 10.0 Å². The number of esters is 2. The first-order valence-corrected chi connectivity index (χ1v) is 15.4. The fraction of sp³-hybridized carbons (Fsp3) is 0.0625. The van der Waals surface area contributed by atoms with Crippen LogP contribution in [-0.4, -0.2) is 38.0 Å². The molecule has 2 heterocycles. The van der Waals surface area contributed by atoms with Crippen molar-refractivity contribution in [3.63, 3.8) is 0 Å². The Morgan fingerprint density at radius 2 is 0.955 bits per heavy atom. The van der Waals surface area contributed by atoms with Gasteiger partial charge in [-0.25, -0.2) is 9.59 Å². The quantitative estimate of drug-likeness (QED) is 0.161. The molecule has 0 aliphatic rings. The molecule has 0 radical (unpaired) electrons. The Bertz CT molecular complexity index is 1740. The molecule has 2 aromatic heterocycles. The first-order valence-electron chi connectivity index (χ1n) is 12.8. The van der Waals surface area contributed by atoms with Crippen LogP contribution >= 0.6 is 45.9 Å². The first-order chi connectivity index (χ1) is 21.2. The number of nitrogens with one attached hydrogen (secondary N) is 2. The Kier molecular flexibility index (Phi) is 9.46. The monoisotopic (exact) mass is 664 g/mol. The molecular weight excluding hydrogens is 643 g/mol. The number of ether oxygens (including phenoxy) is 2. The molecule has 5 aromatic rings. The van der Waals surface area contributed by atoms with Gasteiger partial charge in [0.15, 0.2) is 0 Å². The van der Waals surface area contributed by atoms with Gasteiger partial charge in [0, 0.05) is 31.9 Å². The lowest BCUT2D eigenvalue weighted by Gasteiger charge is -2.12. The Hall–Kier alpha value is -4.48. The average Bonchev–Trinajstić information content (AvgIpc) is 3.65. The van der Waals surface area contributed by atoms with Crippen molar-refractivity contribution in [2.24, 2.45) is 0 Å². The number of amides is 2. The van der Waals surface area contributed by atoms with E-state index in [1.54, 1.807) is 71.4 Å². The molecule has 2 amide bonds. The molecule has 3 aromatic carbocycles. The van der Waals surface area contributed by atoms with Gasteiger partial charge in [-0.15, -0.1) is 22.7 Å². The number of benzene rings is 3. The molecule has 0 bridgehead atoms. The highest BCUT2D eigenvalue weighted by Gasteiger charge is 2.26. The zero-order chi connectivity index (χ0) is 31.4. The van der Waals surface area contributed by atoms with Crippen LogP contribution in [0.25, 0.3) is 22.3 Å². The highest BCUT2D eigenvalue weighted by atomic mass is 35.5. The van der Waals surface area contributed by atoms with Crippen LogP contribution in [0, 0.1) is 0 Å². The van der Waals surface area contributed by atoms with Crippen LogP contribution < -0.4 is 10.6 Å². The van der Waals surface area contributed by atoms with E-state index >= 15 is 0 Å². The van der Waals surface area contributed by atoms with E-state index in [9.17, 15) is 19.2 Å². The number of thiophene rings is 2. The van der Waals surface area contributed by atoms with Crippen LogP contribution in [-0.2, 0) is 9.47 Å². The molecule has 0 aliphatic heterocycles. The molecule has 8 nitrogen and oxygen atoms in total.